The minimum Gasteiger partial charge on any atom is -0.467 e. The van der Waals surface area contributed by atoms with Gasteiger partial charge in [-0.3, -0.25) is 0 Å². The quantitative estimate of drug-likeness (QED) is 0.820. The highest BCUT2D eigenvalue weighted by atomic mass is 32.1. The minimum absolute atomic E-state index is 0.234. The molecule has 1 atom stereocenters. The maximum absolute atomic E-state index is 5.79. The Kier molecular flexibility index (Phi) is 5.53. The number of ether oxygens (including phenoxy) is 1. The molecule has 24 heavy (non-hydrogen) atoms. The molecule has 2 heterocycles. The summed E-state index contributed by atoms with van der Waals surface area (Å²) >= 11 is 5.70. The van der Waals surface area contributed by atoms with Crippen molar-refractivity contribution in [3.05, 3.63) is 53.5 Å². The molecule has 5 heteroatoms. The van der Waals surface area contributed by atoms with Gasteiger partial charge < -0.3 is 19.4 Å². The number of nitrogens with one attached hydrogen (secondary N) is 1. The smallest absolute Gasteiger partial charge is 0.173 e. The number of nitrogens with zero attached hydrogens (tertiary/aromatic N) is 1. The number of furan rings is 1. The highest BCUT2D eigenvalue weighted by molar-refractivity contribution is 7.80. The van der Waals surface area contributed by atoms with Crippen molar-refractivity contribution in [1.82, 2.24) is 4.90 Å². The summed E-state index contributed by atoms with van der Waals surface area (Å²) in [5, 5.41) is 4.13. The van der Waals surface area contributed by atoms with Crippen molar-refractivity contribution in [1.29, 1.82) is 0 Å². The van der Waals surface area contributed by atoms with Crippen LogP contribution in [0.25, 0.3) is 0 Å². The highest BCUT2D eigenvalue weighted by Crippen LogP contribution is 2.21. The van der Waals surface area contributed by atoms with Gasteiger partial charge in [-0.2, -0.15) is 0 Å². The fraction of sp³-hybridized carbons (Fsp3) is 0.421. The Hall–Kier alpha value is -1.85. The normalized spacial score (nSPS) is 17.0. The van der Waals surface area contributed by atoms with Crippen molar-refractivity contribution in [2.45, 2.75) is 39.3 Å². The first-order valence-corrected chi connectivity index (χ1v) is 8.80. The van der Waals surface area contributed by atoms with Crippen molar-refractivity contribution in [2.24, 2.45) is 0 Å². The lowest BCUT2D eigenvalue weighted by molar-refractivity contribution is 0.0892. The van der Waals surface area contributed by atoms with E-state index in [1.165, 1.54) is 11.1 Å². The maximum atomic E-state index is 5.79. The molecule has 1 aliphatic rings. The van der Waals surface area contributed by atoms with Gasteiger partial charge in [-0.25, -0.2) is 0 Å². The van der Waals surface area contributed by atoms with E-state index in [2.05, 4.69) is 42.3 Å². The molecule has 2 aromatic rings. The van der Waals surface area contributed by atoms with Crippen LogP contribution >= 0.6 is 12.2 Å². The van der Waals surface area contributed by atoms with E-state index >= 15 is 0 Å². The largest absolute Gasteiger partial charge is 0.467 e. The van der Waals surface area contributed by atoms with Crippen LogP contribution in [0.5, 0.6) is 0 Å². The van der Waals surface area contributed by atoms with Crippen molar-refractivity contribution in [3.63, 3.8) is 0 Å². The molecule has 0 saturated carbocycles. The number of aryl methyl sites for hydroxylation is 2. The van der Waals surface area contributed by atoms with Crippen LogP contribution < -0.4 is 5.32 Å². The van der Waals surface area contributed by atoms with E-state index in [9.17, 15) is 0 Å². The predicted molar refractivity (Wildman–Crippen MR) is 100 cm³/mol. The van der Waals surface area contributed by atoms with Crippen LogP contribution in [0, 0.1) is 13.8 Å². The lowest BCUT2D eigenvalue weighted by Gasteiger charge is -2.28. The van der Waals surface area contributed by atoms with Crippen molar-refractivity contribution >= 4 is 23.0 Å². The fourth-order valence-corrected chi connectivity index (χ4v) is 3.28. The van der Waals surface area contributed by atoms with Crippen molar-refractivity contribution in [2.75, 3.05) is 18.5 Å². The third-order valence-electron chi connectivity index (χ3n) is 4.38. The van der Waals surface area contributed by atoms with Gasteiger partial charge in [-0.1, -0.05) is 18.2 Å². The van der Waals surface area contributed by atoms with Crippen LogP contribution in [0.15, 0.2) is 41.0 Å². The molecule has 1 unspecified atom stereocenters. The topological polar surface area (TPSA) is 37.6 Å². The first-order valence-electron chi connectivity index (χ1n) is 8.39. The zero-order chi connectivity index (χ0) is 16.9. The van der Waals surface area contributed by atoms with Gasteiger partial charge in [0.1, 0.15) is 5.76 Å². The zero-order valence-electron chi connectivity index (χ0n) is 14.2. The van der Waals surface area contributed by atoms with Gasteiger partial charge in [0.05, 0.1) is 18.9 Å². The summed E-state index contributed by atoms with van der Waals surface area (Å²) in [4.78, 5) is 2.13. The van der Waals surface area contributed by atoms with Crippen LogP contribution in [0.2, 0.25) is 0 Å². The summed E-state index contributed by atoms with van der Waals surface area (Å²) in [6.07, 6.45) is 4.14. The van der Waals surface area contributed by atoms with Crippen LogP contribution in [-0.4, -0.2) is 29.3 Å². The molecule has 0 aliphatic carbocycles. The lowest BCUT2D eigenvalue weighted by atomic mass is 10.1. The van der Waals surface area contributed by atoms with E-state index in [-0.39, 0.29) is 6.10 Å². The molecule has 3 rings (SSSR count). The van der Waals surface area contributed by atoms with E-state index in [4.69, 9.17) is 21.4 Å². The Morgan fingerprint density at radius 2 is 2.04 bits per heavy atom. The number of benzene rings is 1. The summed E-state index contributed by atoms with van der Waals surface area (Å²) in [5.74, 6) is 0.902. The summed E-state index contributed by atoms with van der Waals surface area (Å²) in [6.45, 7) is 6.45. The summed E-state index contributed by atoms with van der Waals surface area (Å²) < 4.78 is 11.3. The van der Waals surface area contributed by atoms with Crippen LogP contribution in [0.1, 0.15) is 29.7 Å². The van der Waals surface area contributed by atoms with E-state index < -0.39 is 0 Å². The molecule has 1 aromatic carbocycles. The van der Waals surface area contributed by atoms with Gasteiger partial charge in [0.25, 0.3) is 0 Å². The Balaban J connectivity index is 1.74. The van der Waals surface area contributed by atoms with E-state index in [1.807, 2.05) is 12.1 Å². The van der Waals surface area contributed by atoms with E-state index in [0.29, 0.717) is 11.7 Å². The van der Waals surface area contributed by atoms with Gasteiger partial charge in [0.2, 0.25) is 0 Å². The van der Waals surface area contributed by atoms with E-state index in [1.54, 1.807) is 6.26 Å². The van der Waals surface area contributed by atoms with Gasteiger partial charge >= 0.3 is 0 Å². The molecule has 1 fully saturated rings. The number of para-hydroxylation sites is 1. The lowest BCUT2D eigenvalue weighted by Crippen LogP contribution is -2.39. The van der Waals surface area contributed by atoms with Crippen molar-refractivity contribution in [3.8, 4) is 0 Å². The molecule has 4 nitrogen and oxygen atoms in total. The predicted octanol–water partition coefficient (Wildman–Crippen LogP) is 4.27. The van der Waals surface area contributed by atoms with E-state index in [0.717, 1.165) is 37.4 Å². The Morgan fingerprint density at radius 1 is 1.25 bits per heavy atom. The number of rotatable bonds is 5. The van der Waals surface area contributed by atoms with Gasteiger partial charge in [-0.15, -0.1) is 0 Å². The molecule has 0 bridgehead atoms. The standard InChI is InChI=1S/C19H24N2O2S/c1-14-6-3-7-15(2)18(14)20-19(24)21(12-16-8-4-10-22-16)13-17-9-5-11-23-17/h3-4,6-8,10,17H,5,9,11-13H2,1-2H3,(H,20,24). The summed E-state index contributed by atoms with van der Waals surface area (Å²) in [5.41, 5.74) is 3.46. The number of hydrogen-bond acceptors (Lipinski definition) is 3. The molecule has 128 valence electrons. The molecular formula is C19H24N2O2S. The average molecular weight is 344 g/mol. The molecule has 0 spiro atoms. The van der Waals surface area contributed by atoms with Crippen molar-refractivity contribution < 1.29 is 9.15 Å². The average Bonchev–Trinajstić information content (AvgIpc) is 3.24. The number of thiocarbonyl (C=S) groups is 1. The third kappa shape index (κ3) is 4.16. The first-order chi connectivity index (χ1) is 11.6. The van der Waals surface area contributed by atoms with Gasteiger partial charge in [0.15, 0.2) is 5.11 Å². The summed E-state index contributed by atoms with van der Waals surface area (Å²) in [7, 11) is 0. The maximum Gasteiger partial charge on any atom is 0.173 e. The minimum atomic E-state index is 0.234. The second-order valence-corrected chi connectivity index (χ2v) is 6.68. The second kappa shape index (κ2) is 7.81. The van der Waals surface area contributed by atoms with Crippen LogP contribution in [0.4, 0.5) is 5.69 Å². The molecule has 0 amide bonds. The molecule has 1 aromatic heterocycles. The molecule has 1 N–H and O–H groups in total. The molecule has 1 saturated heterocycles. The molecule has 1 aliphatic heterocycles. The highest BCUT2D eigenvalue weighted by Gasteiger charge is 2.22. The first kappa shape index (κ1) is 17.0. The summed E-state index contributed by atoms with van der Waals surface area (Å²) in [6, 6.07) is 10.1. The zero-order valence-corrected chi connectivity index (χ0v) is 15.1. The van der Waals surface area contributed by atoms with Gasteiger partial charge in [-0.05, 0) is 62.2 Å². The van der Waals surface area contributed by atoms with Crippen LogP contribution in [0.3, 0.4) is 0 Å². The molecule has 0 radical (unpaired) electrons. The molecular weight excluding hydrogens is 320 g/mol. The van der Waals surface area contributed by atoms with Gasteiger partial charge in [0, 0.05) is 18.8 Å². The number of anilines is 1. The SMILES string of the molecule is Cc1cccc(C)c1NC(=S)N(Cc1ccco1)CC1CCCO1. The fourth-order valence-electron chi connectivity index (χ4n) is 3.04. The Morgan fingerprint density at radius 3 is 2.67 bits per heavy atom. The monoisotopic (exact) mass is 344 g/mol. The van der Waals surface area contributed by atoms with Crippen LogP contribution in [-0.2, 0) is 11.3 Å². The second-order valence-electron chi connectivity index (χ2n) is 6.29. The Labute approximate surface area is 148 Å². The number of hydrogen-bond donors (Lipinski definition) is 1. The Bertz CT molecular complexity index is 658. The third-order valence-corrected chi connectivity index (χ3v) is 4.74.